The van der Waals surface area contributed by atoms with Gasteiger partial charge >= 0.3 is 0 Å². The van der Waals surface area contributed by atoms with Crippen LogP contribution >= 0.6 is 24.0 Å². The molecule has 3 nitrogen and oxygen atoms in total. The number of rotatable bonds is 8. The topological polar surface area (TPSA) is 30.5 Å². The van der Waals surface area contributed by atoms with Crippen molar-refractivity contribution < 1.29 is 9.47 Å². The van der Waals surface area contributed by atoms with Crippen molar-refractivity contribution in [2.24, 2.45) is 23.2 Å². The van der Waals surface area contributed by atoms with Crippen molar-refractivity contribution in [2.45, 2.75) is 64.6 Å². The lowest BCUT2D eigenvalue weighted by Crippen LogP contribution is -2.54. The summed E-state index contributed by atoms with van der Waals surface area (Å²) in [4.78, 5) is 0. The first-order valence-corrected chi connectivity index (χ1v) is 12.2. The van der Waals surface area contributed by atoms with Crippen molar-refractivity contribution in [2.75, 3.05) is 7.11 Å². The van der Waals surface area contributed by atoms with E-state index in [1.165, 1.54) is 44.1 Å². The molecule has 4 saturated carbocycles. The van der Waals surface area contributed by atoms with Gasteiger partial charge in [0.15, 0.2) is 11.5 Å². The summed E-state index contributed by atoms with van der Waals surface area (Å²) in [5.74, 6) is 4.54. The molecule has 4 aliphatic rings. The van der Waals surface area contributed by atoms with Crippen molar-refractivity contribution in [1.29, 1.82) is 0 Å². The van der Waals surface area contributed by atoms with Crippen molar-refractivity contribution >= 4 is 24.0 Å². The minimum absolute atomic E-state index is 0. The van der Waals surface area contributed by atoms with Crippen LogP contribution in [0.3, 0.4) is 0 Å². The van der Waals surface area contributed by atoms with Crippen LogP contribution in [0.1, 0.15) is 56.6 Å². The van der Waals surface area contributed by atoms with Crippen molar-refractivity contribution in [3.8, 4) is 11.5 Å². The Bertz CT molecular complexity index is 879. The van der Waals surface area contributed by atoms with Crippen LogP contribution in [0.25, 0.3) is 0 Å². The third-order valence-electron chi connectivity index (χ3n) is 8.15. The van der Waals surface area contributed by atoms with Crippen molar-refractivity contribution in [3.05, 3.63) is 58.6 Å². The van der Waals surface area contributed by atoms with Gasteiger partial charge < -0.3 is 14.8 Å². The Kier molecular flexibility index (Phi) is 7.29. The summed E-state index contributed by atoms with van der Waals surface area (Å²) in [6.07, 6.45) is 8.82. The second-order valence-electron chi connectivity index (χ2n) is 10.3. The van der Waals surface area contributed by atoms with E-state index in [0.717, 1.165) is 46.4 Å². The molecule has 6 rings (SSSR count). The van der Waals surface area contributed by atoms with Crippen LogP contribution in [0.15, 0.2) is 42.5 Å². The number of hydrogen-bond donors (Lipinski definition) is 1. The molecule has 174 valence electrons. The van der Waals surface area contributed by atoms with E-state index in [4.69, 9.17) is 21.1 Å². The molecule has 0 saturated heterocycles. The van der Waals surface area contributed by atoms with Gasteiger partial charge in [0.05, 0.1) is 7.11 Å². The highest BCUT2D eigenvalue weighted by Gasteiger charge is 2.52. The first-order valence-electron chi connectivity index (χ1n) is 11.8. The Labute approximate surface area is 203 Å². The third kappa shape index (κ3) is 4.90. The normalized spacial score (nSPS) is 28.8. The van der Waals surface area contributed by atoms with Crippen LogP contribution in [0.2, 0.25) is 5.02 Å². The Balaban J connectivity index is 0.00000245. The first-order chi connectivity index (χ1) is 15.0. The van der Waals surface area contributed by atoms with E-state index in [9.17, 15) is 0 Å². The average molecular weight is 476 g/mol. The maximum atomic E-state index is 6.01. The molecule has 0 aromatic heterocycles. The summed E-state index contributed by atoms with van der Waals surface area (Å²) in [5, 5.41) is 4.62. The molecule has 32 heavy (non-hydrogen) atoms. The Hall–Kier alpha value is -1.42. The Morgan fingerprint density at radius 3 is 2.12 bits per heavy atom. The number of benzene rings is 2. The van der Waals surface area contributed by atoms with Crippen molar-refractivity contribution in [1.82, 2.24) is 5.32 Å². The maximum Gasteiger partial charge on any atom is 0.161 e. The SMILES string of the molecule is COc1cc(CNC(C)C23CC4CC(CC(C4)C2)C3)ccc1OCc1ccc(Cl)cc1.Cl. The van der Waals surface area contributed by atoms with E-state index in [-0.39, 0.29) is 12.4 Å². The van der Waals surface area contributed by atoms with Crippen LogP contribution in [0, 0.1) is 23.2 Å². The molecule has 2 aromatic carbocycles. The molecule has 1 atom stereocenters. The molecule has 0 spiro atoms. The molecular formula is C27H35Cl2NO2. The van der Waals surface area contributed by atoms with E-state index < -0.39 is 0 Å². The van der Waals surface area contributed by atoms with Gasteiger partial charge in [0, 0.05) is 17.6 Å². The molecule has 4 bridgehead atoms. The fourth-order valence-electron chi connectivity index (χ4n) is 6.88. The number of halogens is 2. The highest BCUT2D eigenvalue weighted by atomic mass is 35.5. The first kappa shape index (κ1) is 23.7. The summed E-state index contributed by atoms with van der Waals surface area (Å²) in [6, 6.07) is 14.6. The van der Waals surface area contributed by atoms with Crippen LogP contribution in [-0.4, -0.2) is 13.2 Å². The number of nitrogens with one attached hydrogen (secondary N) is 1. The van der Waals surface area contributed by atoms with Gasteiger partial charge in [-0.3, -0.25) is 0 Å². The fourth-order valence-corrected chi connectivity index (χ4v) is 7.00. The summed E-state index contributed by atoms with van der Waals surface area (Å²) in [6.45, 7) is 3.79. The monoisotopic (exact) mass is 475 g/mol. The average Bonchev–Trinajstić information content (AvgIpc) is 2.76. The van der Waals surface area contributed by atoms with E-state index in [2.05, 4.69) is 24.4 Å². The van der Waals surface area contributed by atoms with Gasteiger partial charge in [-0.15, -0.1) is 12.4 Å². The lowest BCUT2D eigenvalue weighted by molar-refractivity contribution is -0.0706. The summed E-state index contributed by atoms with van der Waals surface area (Å²) in [5.41, 5.74) is 2.86. The lowest BCUT2D eigenvalue weighted by Gasteiger charge is -2.59. The lowest BCUT2D eigenvalue weighted by atomic mass is 9.48. The minimum Gasteiger partial charge on any atom is -0.493 e. The molecule has 0 heterocycles. The van der Waals surface area contributed by atoms with Gasteiger partial charge in [-0.1, -0.05) is 29.8 Å². The second kappa shape index (κ2) is 9.83. The molecule has 1 unspecified atom stereocenters. The molecule has 4 fully saturated rings. The van der Waals surface area contributed by atoms with E-state index >= 15 is 0 Å². The third-order valence-corrected chi connectivity index (χ3v) is 8.40. The predicted molar refractivity (Wildman–Crippen MR) is 133 cm³/mol. The molecule has 0 aliphatic heterocycles. The molecule has 0 radical (unpaired) electrons. The van der Waals surface area contributed by atoms with Crippen LogP contribution in [0.4, 0.5) is 0 Å². The van der Waals surface area contributed by atoms with Gasteiger partial charge in [-0.25, -0.2) is 0 Å². The zero-order valence-electron chi connectivity index (χ0n) is 19.1. The zero-order valence-corrected chi connectivity index (χ0v) is 20.7. The number of methoxy groups -OCH3 is 1. The molecule has 4 aliphatic carbocycles. The molecule has 5 heteroatoms. The standard InChI is InChI=1S/C27H34ClNO2.ClH/c1-18(27-13-21-9-22(14-27)11-23(10-21)15-27)29-16-20-5-8-25(26(12-20)30-2)31-17-19-3-6-24(28)7-4-19;/h3-8,12,18,21-23,29H,9-11,13-17H2,1-2H3;1H. The Morgan fingerprint density at radius 1 is 0.938 bits per heavy atom. The highest BCUT2D eigenvalue weighted by Crippen LogP contribution is 2.61. The Morgan fingerprint density at radius 2 is 1.53 bits per heavy atom. The zero-order chi connectivity index (χ0) is 21.4. The highest BCUT2D eigenvalue weighted by molar-refractivity contribution is 6.30. The predicted octanol–water partition coefficient (Wildman–Crippen LogP) is 7.04. The van der Waals surface area contributed by atoms with Crippen LogP contribution < -0.4 is 14.8 Å². The van der Waals surface area contributed by atoms with E-state index in [1.54, 1.807) is 7.11 Å². The second-order valence-corrected chi connectivity index (χ2v) is 10.7. The summed E-state index contributed by atoms with van der Waals surface area (Å²) < 4.78 is 11.6. The quantitative estimate of drug-likeness (QED) is 0.443. The maximum absolute atomic E-state index is 6.01. The molecule has 2 aromatic rings. The summed E-state index contributed by atoms with van der Waals surface area (Å²) in [7, 11) is 1.71. The minimum atomic E-state index is 0. The van der Waals surface area contributed by atoms with Gasteiger partial charge in [0.25, 0.3) is 0 Å². The number of hydrogen-bond acceptors (Lipinski definition) is 3. The van der Waals surface area contributed by atoms with Crippen LogP contribution in [0.5, 0.6) is 11.5 Å². The van der Waals surface area contributed by atoms with E-state index in [0.29, 0.717) is 18.1 Å². The largest absolute Gasteiger partial charge is 0.493 e. The molecule has 0 amide bonds. The number of ether oxygens (including phenoxy) is 2. The summed E-state index contributed by atoms with van der Waals surface area (Å²) >= 11 is 5.97. The fraction of sp³-hybridized carbons (Fsp3) is 0.556. The molecule has 1 N–H and O–H groups in total. The van der Waals surface area contributed by atoms with Gasteiger partial charge in [-0.05, 0) is 104 Å². The van der Waals surface area contributed by atoms with Gasteiger partial charge in [-0.2, -0.15) is 0 Å². The van der Waals surface area contributed by atoms with Crippen LogP contribution in [-0.2, 0) is 13.2 Å². The van der Waals surface area contributed by atoms with Crippen molar-refractivity contribution in [3.63, 3.8) is 0 Å². The smallest absolute Gasteiger partial charge is 0.161 e. The van der Waals surface area contributed by atoms with Gasteiger partial charge in [0.1, 0.15) is 6.61 Å². The molecular weight excluding hydrogens is 441 g/mol. The van der Waals surface area contributed by atoms with Gasteiger partial charge in [0.2, 0.25) is 0 Å². The van der Waals surface area contributed by atoms with E-state index in [1.807, 2.05) is 30.3 Å².